The van der Waals surface area contributed by atoms with E-state index in [1.54, 1.807) is 14.2 Å². The fourth-order valence-electron chi connectivity index (χ4n) is 4.89. The predicted octanol–water partition coefficient (Wildman–Crippen LogP) is 3.39. The zero-order chi connectivity index (χ0) is 18.8. The summed E-state index contributed by atoms with van der Waals surface area (Å²) in [6, 6.07) is 8.34. The van der Waals surface area contributed by atoms with Crippen molar-refractivity contribution in [2.75, 3.05) is 34.6 Å². The summed E-state index contributed by atoms with van der Waals surface area (Å²) in [5.41, 5.74) is 5.66. The van der Waals surface area contributed by atoms with Gasteiger partial charge < -0.3 is 18.9 Å². The number of likely N-dealkylation sites (N-methyl/N-ethyl adjacent to an activating group) is 1. The molecule has 5 rings (SSSR count). The molecule has 0 radical (unpaired) electrons. The van der Waals surface area contributed by atoms with Crippen LogP contribution in [-0.2, 0) is 18.4 Å². The summed E-state index contributed by atoms with van der Waals surface area (Å²) in [4.78, 5) is 2.41. The first kappa shape index (κ1) is 16.5. The van der Waals surface area contributed by atoms with Crippen molar-refractivity contribution in [3.05, 3.63) is 53.1 Å². The van der Waals surface area contributed by atoms with E-state index in [-0.39, 0.29) is 12.3 Å². The van der Waals surface area contributed by atoms with Crippen molar-refractivity contribution in [3.63, 3.8) is 0 Å². The van der Waals surface area contributed by atoms with Gasteiger partial charge in [-0.15, -0.1) is 0 Å². The molecule has 1 atom stereocenters. The Morgan fingerprint density at radius 3 is 2.67 bits per heavy atom. The van der Waals surface area contributed by atoms with Crippen LogP contribution in [0.1, 0.15) is 22.3 Å². The maximum absolute atomic E-state index is 5.80. The average molecular weight is 365 g/mol. The zero-order valence-corrected chi connectivity index (χ0v) is 15.9. The Morgan fingerprint density at radius 2 is 1.89 bits per heavy atom. The fourth-order valence-corrected chi connectivity index (χ4v) is 4.89. The highest BCUT2D eigenvalue weighted by molar-refractivity contribution is 5.84. The summed E-state index contributed by atoms with van der Waals surface area (Å²) in [6.45, 7) is 5.77. The van der Waals surface area contributed by atoms with E-state index in [0.717, 1.165) is 53.5 Å². The SMILES string of the molecule is C=C1c2ccc3c(c2C[C@@]12c1cc(OC)c(OC)cc1CCN2C)OCO3. The molecule has 0 aromatic heterocycles. The minimum absolute atomic E-state index is 0.280. The van der Waals surface area contributed by atoms with Gasteiger partial charge in [0.05, 0.1) is 19.8 Å². The van der Waals surface area contributed by atoms with Gasteiger partial charge in [-0.1, -0.05) is 12.6 Å². The van der Waals surface area contributed by atoms with Gasteiger partial charge in [0.15, 0.2) is 23.0 Å². The zero-order valence-electron chi connectivity index (χ0n) is 15.9. The molecule has 5 nitrogen and oxygen atoms in total. The van der Waals surface area contributed by atoms with Gasteiger partial charge in [-0.05, 0) is 53.9 Å². The van der Waals surface area contributed by atoms with Crippen LogP contribution in [0.15, 0.2) is 30.8 Å². The number of fused-ring (bicyclic) bond motifs is 5. The highest BCUT2D eigenvalue weighted by Gasteiger charge is 2.50. The first-order chi connectivity index (χ1) is 13.1. The van der Waals surface area contributed by atoms with E-state index < -0.39 is 0 Å². The van der Waals surface area contributed by atoms with E-state index in [9.17, 15) is 0 Å². The number of methoxy groups -OCH3 is 2. The van der Waals surface area contributed by atoms with E-state index in [2.05, 4.69) is 36.7 Å². The Morgan fingerprint density at radius 1 is 1.11 bits per heavy atom. The van der Waals surface area contributed by atoms with Gasteiger partial charge in [-0.2, -0.15) is 0 Å². The normalized spacial score (nSPS) is 22.7. The summed E-state index contributed by atoms with van der Waals surface area (Å²) < 4.78 is 22.5. The van der Waals surface area contributed by atoms with Gasteiger partial charge in [0.25, 0.3) is 0 Å². The van der Waals surface area contributed by atoms with Crippen molar-refractivity contribution in [2.45, 2.75) is 18.4 Å². The van der Waals surface area contributed by atoms with Gasteiger partial charge in [-0.3, -0.25) is 4.90 Å². The van der Waals surface area contributed by atoms with Gasteiger partial charge in [0.2, 0.25) is 6.79 Å². The molecule has 2 aromatic rings. The lowest BCUT2D eigenvalue weighted by atomic mass is 9.76. The number of rotatable bonds is 2. The van der Waals surface area contributed by atoms with E-state index >= 15 is 0 Å². The Hall–Kier alpha value is -2.66. The Labute approximate surface area is 159 Å². The van der Waals surface area contributed by atoms with E-state index in [4.69, 9.17) is 18.9 Å². The van der Waals surface area contributed by atoms with Crippen LogP contribution in [0.4, 0.5) is 0 Å². The molecule has 0 saturated carbocycles. The van der Waals surface area contributed by atoms with Crippen molar-refractivity contribution in [2.24, 2.45) is 0 Å². The van der Waals surface area contributed by atoms with E-state index in [1.807, 2.05) is 6.07 Å². The van der Waals surface area contributed by atoms with Crippen LogP contribution in [0.2, 0.25) is 0 Å². The molecule has 27 heavy (non-hydrogen) atoms. The molecule has 1 spiro atoms. The lowest BCUT2D eigenvalue weighted by Crippen LogP contribution is -2.48. The molecule has 0 bridgehead atoms. The van der Waals surface area contributed by atoms with Gasteiger partial charge >= 0.3 is 0 Å². The molecule has 2 aromatic carbocycles. The molecule has 5 heteroatoms. The van der Waals surface area contributed by atoms with Crippen molar-refractivity contribution in [1.29, 1.82) is 0 Å². The summed E-state index contributed by atoms with van der Waals surface area (Å²) >= 11 is 0. The molecule has 2 aliphatic heterocycles. The van der Waals surface area contributed by atoms with E-state index in [0.29, 0.717) is 0 Å². The second-order valence-corrected chi connectivity index (χ2v) is 7.38. The lowest BCUT2D eigenvalue weighted by Gasteiger charge is -2.45. The number of ether oxygens (including phenoxy) is 4. The van der Waals surface area contributed by atoms with Crippen molar-refractivity contribution in [1.82, 2.24) is 4.90 Å². The number of nitrogens with zero attached hydrogens (tertiary/aromatic N) is 1. The smallest absolute Gasteiger partial charge is 0.231 e. The Kier molecular flexibility index (Phi) is 3.46. The Bertz CT molecular complexity index is 967. The summed E-state index contributed by atoms with van der Waals surface area (Å²) in [7, 11) is 5.54. The minimum atomic E-state index is -0.309. The predicted molar refractivity (Wildman–Crippen MR) is 103 cm³/mol. The van der Waals surface area contributed by atoms with Crippen LogP contribution in [0.3, 0.4) is 0 Å². The molecule has 1 aliphatic carbocycles. The third kappa shape index (κ3) is 2.03. The maximum Gasteiger partial charge on any atom is 0.231 e. The minimum Gasteiger partial charge on any atom is -0.493 e. The quantitative estimate of drug-likeness (QED) is 0.816. The largest absolute Gasteiger partial charge is 0.493 e. The van der Waals surface area contributed by atoms with Crippen LogP contribution in [0, 0.1) is 0 Å². The average Bonchev–Trinajstić information content (AvgIpc) is 3.28. The summed E-state index contributed by atoms with van der Waals surface area (Å²) in [5.74, 6) is 3.21. The highest BCUT2D eigenvalue weighted by Crippen LogP contribution is 2.57. The molecule has 0 saturated heterocycles. The summed E-state index contributed by atoms with van der Waals surface area (Å²) in [5, 5.41) is 0. The van der Waals surface area contributed by atoms with Crippen LogP contribution < -0.4 is 18.9 Å². The van der Waals surface area contributed by atoms with E-state index in [1.165, 1.54) is 16.7 Å². The highest BCUT2D eigenvalue weighted by atomic mass is 16.7. The number of hydrogen-bond acceptors (Lipinski definition) is 5. The monoisotopic (exact) mass is 365 g/mol. The Balaban J connectivity index is 1.73. The molecule has 2 heterocycles. The van der Waals surface area contributed by atoms with Crippen molar-refractivity contribution < 1.29 is 18.9 Å². The molecule has 0 fully saturated rings. The first-order valence-corrected chi connectivity index (χ1v) is 9.18. The maximum atomic E-state index is 5.80. The molecule has 0 unspecified atom stereocenters. The van der Waals surface area contributed by atoms with Gasteiger partial charge in [0, 0.05) is 18.5 Å². The second kappa shape index (κ2) is 5.67. The third-order valence-corrected chi connectivity index (χ3v) is 6.32. The first-order valence-electron chi connectivity index (χ1n) is 9.18. The van der Waals surface area contributed by atoms with Crippen molar-refractivity contribution >= 4 is 5.57 Å². The molecular weight excluding hydrogens is 342 g/mol. The number of hydrogen-bond donors (Lipinski definition) is 0. The summed E-state index contributed by atoms with van der Waals surface area (Å²) in [6.07, 6.45) is 1.78. The van der Waals surface area contributed by atoms with Crippen molar-refractivity contribution in [3.8, 4) is 23.0 Å². The molecule has 3 aliphatic rings. The fraction of sp³-hybridized carbons (Fsp3) is 0.364. The molecule has 140 valence electrons. The van der Waals surface area contributed by atoms with Crippen LogP contribution >= 0.6 is 0 Å². The van der Waals surface area contributed by atoms with Crippen LogP contribution in [0.25, 0.3) is 5.57 Å². The van der Waals surface area contributed by atoms with Crippen LogP contribution in [0.5, 0.6) is 23.0 Å². The lowest BCUT2D eigenvalue weighted by molar-refractivity contribution is 0.162. The molecule has 0 N–H and O–H groups in total. The third-order valence-electron chi connectivity index (χ3n) is 6.32. The van der Waals surface area contributed by atoms with Crippen LogP contribution in [-0.4, -0.2) is 39.5 Å². The topological polar surface area (TPSA) is 40.2 Å². The molecule has 0 amide bonds. The molecular formula is C22H23NO4. The van der Waals surface area contributed by atoms with Gasteiger partial charge in [-0.25, -0.2) is 0 Å². The number of benzene rings is 2. The second-order valence-electron chi connectivity index (χ2n) is 7.38. The van der Waals surface area contributed by atoms with Gasteiger partial charge in [0.1, 0.15) is 0 Å². The standard InChI is InChI=1S/C22H23NO4/c1-13-15-5-6-18-21(27-12-26-18)16(15)11-22(13)17-10-20(25-4)19(24-3)9-14(17)7-8-23(22)2/h5-6,9-10H,1,7-8,11-12H2,2-4H3/t22-/m0/s1.